The summed E-state index contributed by atoms with van der Waals surface area (Å²) in [5, 5.41) is 3.63. The fourth-order valence-corrected chi connectivity index (χ4v) is 3.02. The highest BCUT2D eigenvalue weighted by atomic mass is 15.2. The van der Waals surface area contributed by atoms with E-state index in [1.165, 1.54) is 63.0 Å². The minimum Gasteiger partial charge on any atom is -0.356 e. The zero-order valence-electron chi connectivity index (χ0n) is 13.1. The van der Waals surface area contributed by atoms with Crippen LogP contribution in [0.1, 0.15) is 49.8 Å². The van der Waals surface area contributed by atoms with E-state index in [1.54, 1.807) is 0 Å². The van der Waals surface area contributed by atoms with Gasteiger partial charge in [0, 0.05) is 31.4 Å². The van der Waals surface area contributed by atoms with Gasteiger partial charge in [-0.2, -0.15) is 0 Å². The van der Waals surface area contributed by atoms with Crippen LogP contribution in [-0.2, 0) is 6.54 Å². The minimum absolute atomic E-state index is 0.774. The first-order valence-electron chi connectivity index (χ1n) is 8.72. The molecule has 0 aromatic carbocycles. The van der Waals surface area contributed by atoms with Crippen LogP contribution in [-0.4, -0.2) is 24.1 Å². The molecule has 0 radical (unpaired) electrons. The molecule has 4 rings (SSSR count). The van der Waals surface area contributed by atoms with Crippen molar-refractivity contribution in [1.29, 1.82) is 0 Å². The Morgan fingerprint density at radius 3 is 2.29 bits per heavy atom. The van der Waals surface area contributed by atoms with Crippen molar-refractivity contribution in [2.75, 3.05) is 18.0 Å². The van der Waals surface area contributed by atoms with Crippen molar-refractivity contribution >= 4 is 5.82 Å². The lowest BCUT2D eigenvalue weighted by Gasteiger charge is -2.25. The smallest absolute Gasteiger partial charge is 0.129 e. The van der Waals surface area contributed by atoms with Crippen LogP contribution in [0.25, 0.3) is 0 Å². The minimum atomic E-state index is 0.774. The number of nitrogens with one attached hydrogen (secondary N) is 1. The van der Waals surface area contributed by atoms with Crippen molar-refractivity contribution in [3.63, 3.8) is 0 Å². The number of aromatic nitrogens is 1. The molecule has 3 aliphatic rings. The molecule has 3 fully saturated rings. The zero-order valence-corrected chi connectivity index (χ0v) is 13.1. The van der Waals surface area contributed by atoms with Gasteiger partial charge < -0.3 is 10.2 Å². The molecular weight excluding hydrogens is 258 g/mol. The average Bonchev–Trinajstić information content (AvgIpc) is 3.32. The van der Waals surface area contributed by atoms with Gasteiger partial charge in [-0.1, -0.05) is 0 Å². The highest BCUT2D eigenvalue weighted by Crippen LogP contribution is 2.35. The first-order valence-corrected chi connectivity index (χ1v) is 8.72. The summed E-state index contributed by atoms with van der Waals surface area (Å²) in [4.78, 5) is 7.41. The third-order valence-electron chi connectivity index (χ3n) is 4.85. The summed E-state index contributed by atoms with van der Waals surface area (Å²) in [5.41, 5.74) is 2.57. The van der Waals surface area contributed by atoms with Crippen molar-refractivity contribution in [3.8, 4) is 0 Å². The number of aryl methyl sites for hydroxylation is 1. The monoisotopic (exact) mass is 285 g/mol. The summed E-state index contributed by atoms with van der Waals surface area (Å²) in [7, 11) is 0. The Bertz CT molecular complexity index is 487. The fraction of sp³-hybridized carbons (Fsp3) is 0.722. The van der Waals surface area contributed by atoms with Crippen LogP contribution in [0, 0.1) is 18.8 Å². The Balaban J connectivity index is 1.48. The maximum Gasteiger partial charge on any atom is 0.129 e. The van der Waals surface area contributed by atoms with Crippen LogP contribution in [0.2, 0.25) is 0 Å². The Labute approximate surface area is 128 Å². The summed E-state index contributed by atoms with van der Waals surface area (Å²) in [6, 6.07) is 5.34. The van der Waals surface area contributed by atoms with Crippen molar-refractivity contribution in [3.05, 3.63) is 23.4 Å². The molecule has 21 heavy (non-hydrogen) atoms. The van der Waals surface area contributed by atoms with E-state index in [0.717, 1.165) is 30.1 Å². The molecular formula is C18H27N3. The second kappa shape index (κ2) is 5.60. The second-order valence-electron chi connectivity index (χ2n) is 7.42. The van der Waals surface area contributed by atoms with E-state index >= 15 is 0 Å². The van der Waals surface area contributed by atoms with Crippen LogP contribution in [0.15, 0.2) is 12.1 Å². The second-order valence-corrected chi connectivity index (χ2v) is 7.42. The number of hydrogen-bond acceptors (Lipinski definition) is 3. The van der Waals surface area contributed by atoms with Gasteiger partial charge >= 0.3 is 0 Å². The quantitative estimate of drug-likeness (QED) is 0.794. The number of rotatable bonds is 8. The van der Waals surface area contributed by atoms with Gasteiger partial charge in [-0.05, 0) is 75.0 Å². The predicted molar refractivity (Wildman–Crippen MR) is 86.5 cm³/mol. The number of hydrogen-bond donors (Lipinski definition) is 1. The number of anilines is 1. The summed E-state index contributed by atoms with van der Waals surface area (Å²) in [5.74, 6) is 3.08. The molecule has 0 bridgehead atoms. The summed E-state index contributed by atoms with van der Waals surface area (Å²) in [6.07, 6.45) is 8.39. The molecule has 0 spiro atoms. The van der Waals surface area contributed by atoms with Gasteiger partial charge in [0.15, 0.2) is 0 Å². The first kappa shape index (κ1) is 13.6. The van der Waals surface area contributed by atoms with Crippen LogP contribution < -0.4 is 10.2 Å². The van der Waals surface area contributed by atoms with Crippen LogP contribution in [0.3, 0.4) is 0 Å². The molecule has 3 saturated carbocycles. The molecule has 1 heterocycles. The van der Waals surface area contributed by atoms with Gasteiger partial charge in [-0.15, -0.1) is 0 Å². The van der Waals surface area contributed by atoms with E-state index in [1.807, 2.05) is 0 Å². The van der Waals surface area contributed by atoms with E-state index in [2.05, 4.69) is 29.3 Å². The summed E-state index contributed by atoms with van der Waals surface area (Å²) < 4.78 is 0. The lowest BCUT2D eigenvalue weighted by molar-refractivity contribution is 0.664. The van der Waals surface area contributed by atoms with Gasteiger partial charge in [0.2, 0.25) is 0 Å². The van der Waals surface area contributed by atoms with Crippen LogP contribution in [0.5, 0.6) is 0 Å². The fourth-order valence-electron chi connectivity index (χ4n) is 3.02. The van der Waals surface area contributed by atoms with E-state index in [-0.39, 0.29) is 0 Å². The molecule has 3 aliphatic carbocycles. The molecule has 1 aromatic heterocycles. The Morgan fingerprint density at radius 2 is 1.71 bits per heavy atom. The largest absolute Gasteiger partial charge is 0.356 e. The van der Waals surface area contributed by atoms with Gasteiger partial charge in [-0.25, -0.2) is 4.98 Å². The topological polar surface area (TPSA) is 28.2 Å². The van der Waals surface area contributed by atoms with Gasteiger partial charge in [0.05, 0.1) is 0 Å². The third-order valence-corrected chi connectivity index (χ3v) is 4.85. The molecule has 114 valence electrons. The van der Waals surface area contributed by atoms with E-state index in [4.69, 9.17) is 4.98 Å². The Kier molecular flexibility index (Phi) is 3.62. The van der Waals surface area contributed by atoms with Crippen molar-refractivity contribution < 1.29 is 0 Å². The highest BCUT2D eigenvalue weighted by molar-refractivity contribution is 5.43. The Hall–Kier alpha value is -1.09. The number of pyridine rings is 1. The average molecular weight is 285 g/mol. The van der Waals surface area contributed by atoms with Gasteiger partial charge in [0.25, 0.3) is 0 Å². The molecule has 3 heteroatoms. The first-order chi connectivity index (χ1) is 10.3. The van der Waals surface area contributed by atoms with Gasteiger partial charge in [0.1, 0.15) is 5.82 Å². The van der Waals surface area contributed by atoms with Crippen LogP contribution >= 0.6 is 0 Å². The lowest BCUT2D eigenvalue weighted by Crippen LogP contribution is -2.29. The van der Waals surface area contributed by atoms with E-state index in [9.17, 15) is 0 Å². The summed E-state index contributed by atoms with van der Waals surface area (Å²) in [6.45, 7) is 5.59. The normalized spacial score (nSPS) is 21.6. The third kappa shape index (κ3) is 3.97. The molecule has 0 saturated heterocycles. The molecule has 0 amide bonds. The SMILES string of the molecule is Cc1cc(CNC2CC2)cc(N(CC2CC2)CC2CC2)n1. The number of nitrogens with zero attached hydrogens (tertiary/aromatic N) is 2. The maximum atomic E-state index is 4.84. The van der Waals surface area contributed by atoms with Crippen molar-refractivity contribution in [2.45, 2.75) is 58.0 Å². The standard InChI is InChI=1S/C18H27N3/c1-13-8-16(10-19-17-6-7-17)9-18(20-13)21(11-14-2-3-14)12-15-4-5-15/h8-9,14-15,17,19H,2-7,10-12H2,1H3. The lowest BCUT2D eigenvalue weighted by atomic mass is 10.2. The van der Waals surface area contributed by atoms with E-state index in [0.29, 0.717) is 0 Å². The van der Waals surface area contributed by atoms with Crippen molar-refractivity contribution in [2.24, 2.45) is 11.8 Å². The van der Waals surface area contributed by atoms with E-state index < -0.39 is 0 Å². The maximum absolute atomic E-state index is 4.84. The molecule has 3 nitrogen and oxygen atoms in total. The summed E-state index contributed by atoms with van der Waals surface area (Å²) >= 11 is 0. The van der Waals surface area contributed by atoms with Crippen LogP contribution in [0.4, 0.5) is 5.82 Å². The van der Waals surface area contributed by atoms with Gasteiger partial charge in [-0.3, -0.25) is 0 Å². The molecule has 1 aromatic rings. The molecule has 0 atom stereocenters. The zero-order chi connectivity index (χ0) is 14.2. The predicted octanol–water partition coefficient (Wildman–Crippen LogP) is 3.27. The Morgan fingerprint density at radius 1 is 1.05 bits per heavy atom. The molecule has 0 unspecified atom stereocenters. The molecule has 0 aliphatic heterocycles. The molecule has 1 N–H and O–H groups in total. The highest BCUT2D eigenvalue weighted by Gasteiger charge is 2.30. The van der Waals surface area contributed by atoms with Crippen molar-refractivity contribution in [1.82, 2.24) is 10.3 Å².